The van der Waals surface area contributed by atoms with Gasteiger partial charge in [-0.1, -0.05) is 20.8 Å². The summed E-state index contributed by atoms with van der Waals surface area (Å²) >= 11 is 0. The number of hydrogen-bond acceptors (Lipinski definition) is 4. The van der Waals surface area contributed by atoms with Crippen molar-refractivity contribution in [3.05, 3.63) is 0 Å². The van der Waals surface area contributed by atoms with Gasteiger partial charge in [-0.3, -0.25) is 0 Å². The highest BCUT2D eigenvalue weighted by Gasteiger charge is 2.39. The van der Waals surface area contributed by atoms with Gasteiger partial charge in [0.25, 0.3) is 0 Å². The minimum atomic E-state index is -1.81. The van der Waals surface area contributed by atoms with Crippen LogP contribution in [0.2, 0.25) is 18.1 Å². The Kier molecular flexibility index (Phi) is 6.32. The molecule has 0 aromatic rings. The van der Waals surface area contributed by atoms with Crippen molar-refractivity contribution >= 4 is 14.4 Å². The minimum absolute atomic E-state index is 0.153. The van der Waals surface area contributed by atoms with Gasteiger partial charge in [0.2, 0.25) is 0 Å². The molecule has 1 amide bonds. The van der Waals surface area contributed by atoms with E-state index in [0.29, 0.717) is 26.1 Å². The Balaban J connectivity index is 2.63. The monoisotopic (exact) mass is 345 g/mol. The number of β-amino-alcohol motifs (C(OH)–C–C–N with tert-alkyl or cyclic N) is 1. The first-order valence-corrected chi connectivity index (χ1v) is 11.4. The first-order valence-electron chi connectivity index (χ1n) is 8.51. The van der Waals surface area contributed by atoms with Crippen LogP contribution in [0.15, 0.2) is 0 Å². The van der Waals surface area contributed by atoms with E-state index >= 15 is 0 Å². The maximum absolute atomic E-state index is 12.2. The molecule has 1 aliphatic rings. The highest BCUT2D eigenvalue weighted by Crippen LogP contribution is 2.37. The van der Waals surface area contributed by atoms with Crippen LogP contribution in [0.5, 0.6) is 0 Å². The van der Waals surface area contributed by atoms with Gasteiger partial charge in [-0.05, 0) is 45.3 Å². The van der Waals surface area contributed by atoms with Crippen LogP contribution in [-0.4, -0.2) is 55.8 Å². The van der Waals surface area contributed by atoms with Gasteiger partial charge in [0, 0.05) is 25.6 Å². The average Bonchev–Trinajstić information content (AvgIpc) is 2.32. The van der Waals surface area contributed by atoms with E-state index < -0.39 is 20.0 Å². The number of rotatable bonds is 3. The minimum Gasteiger partial charge on any atom is -0.444 e. The Morgan fingerprint density at radius 3 is 2.22 bits per heavy atom. The van der Waals surface area contributed by atoms with Gasteiger partial charge in [0.15, 0.2) is 8.32 Å². The number of aliphatic hydroxyl groups is 1. The van der Waals surface area contributed by atoms with Crippen molar-refractivity contribution in [2.45, 2.75) is 77.8 Å². The summed E-state index contributed by atoms with van der Waals surface area (Å²) in [5, 5.41) is 10.3. The molecule has 6 heteroatoms. The van der Waals surface area contributed by atoms with Crippen LogP contribution in [0, 0.1) is 5.92 Å². The zero-order valence-electron chi connectivity index (χ0n) is 16.1. The lowest BCUT2D eigenvalue weighted by Gasteiger charge is -2.40. The van der Waals surface area contributed by atoms with E-state index in [0.717, 1.165) is 0 Å². The molecule has 1 fully saturated rings. The number of amides is 1. The molecule has 1 N–H and O–H groups in total. The van der Waals surface area contributed by atoms with Crippen molar-refractivity contribution in [2.24, 2.45) is 5.92 Å². The van der Waals surface area contributed by atoms with Crippen LogP contribution in [0.25, 0.3) is 0 Å². The molecule has 0 aromatic heterocycles. The number of carbonyl (C=O) groups excluding carboxylic acids is 1. The van der Waals surface area contributed by atoms with Crippen molar-refractivity contribution in [1.82, 2.24) is 4.90 Å². The molecule has 0 aromatic carbocycles. The molecular formula is C17H35NO4Si. The zero-order valence-corrected chi connectivity index (χ0v) is 17.1. The Bertz CT molecular complexity index is 412. The number of ether oxygens (including phenoxy) is 1. The summed E-state index contributed by atoms with van der Waals surface area (Å²) in [7, 11) is -1.81. The van der Waals surface area contributed by atoms with E-state index in [4.69, 9.17) is 9.16 Å². The Hall–Kier alpha value is -0.593. The summed E-state index contributed by atoms with van der Waals surface area (Å²) < 4.78 is 11.7. The predicted molar refractivity (Wildman–Crippen MR) is 95.1 cm³/mol. The van der Waals surface area contributed by atoms with E-state index in [1.807, 2.05) is 20.8 Å². The third-order valence-corrected chi connectivity index (χ3v) is 9.15. The molecule has 2 atom stereocenters. The van der Waals surface area contributed by atoms with Crippen LogP contribution < -0.4 is 0 Å². The number of aliphatic hydroxyl groups excluding tert-OH is 1. The SMILES string of the molecule is CC(C)(C)OC(=O)N1C[C@@H](O)C[C@@H](CO[Si](C)(C)C(C)(C)C)C1. The molecule has 23 heavy (non-hydrogen) atoms. The van der Waals surface area contributed by atoms with Crippen LogP contribution in [0.1, 0.15) is 48.0 Å². The van der Waals surface area contributed by atoms with Gasteiger partial charge >= 0.3 is 6.09 Å². The van der Waals surface area contributed by atoms with Gasteiger partial charge in [0.1, 0.15) is 5.60 Å². The maximum Gasteiger partial charge on any atom is 0.410 e. The molecule has 1 heterocycles. The topological polar surface area (TPSA) is 59.0 Å². The second-order valence-electron chi connectivity index (χ2n) is 9.21. The van der Waals surface area contributed by atoms with Gasteiger partial charge in [-0.2, -0.15) is 0 Å². The molecule has 136 valence electrons. The fourth-order valence-electron chi connectivity index (χ4n) is 2.31. The first kappa shape index (κ1) is 20.5. The largest absolute Gasteiger partial charge is 0.444 e. The van der Waals surface area contributed by atoms with Crippen molar-refractivity contribution in [3.63, 3.8) is 0 Å². The average molecular weight is 346 g/mol. The third kappa shape index (κ3) is 6.43. The van der Waals surface area contributed by atoms with E-state index in [1.54, 1.807) is 4.90 Å². The molecule has 1 saturated heterocycles. The molecule has 0 saturated carbocycles. The number of nitrogens with zero attached hydrogens (tertiary/aromatic N) is 1. The van der Waals surface area contributed by atoms with E-state index in [1.165, 1.54) is 0 Å². The fraction of sp³-hybridized carbons (Fsp3) is 0.941. The number of carbonyl (C=O) groups is 1. The first-order chi connectivity index (χ1) is 10.2. The van der Waals surface area contributed by atoms with Gasteiger partial charge in [-0.15, -0.1) is 0 Å². The Labute approximate surface area is 142 Å². The number of piperidine rings is 1. The summed E-state index contributed by atoms with van der Waals surface area (Å²) in [5.74, 6) is 0.153. The quantitative estimate of drug-likeness (QED) is 0.794. The van der Waals surface area contributed by atoms with Crippen LogP contribution >= 0.6 is 0 Å². The number of likely N-dealkylation sites (tertiary alicyclic amines) is 1. The highest BCUT2D eigenvalue weighted by molar-refractivity contribution is 6.74. The van der Waals surface area contributed by atoms with E-state index in [2.05, 4.69) is 33.9 Å². The third-order valence-electron chi connectivity index (χ3n) is 4.65. The van der Waals surface area contributed by atoms with E-state index in [-0.39, 0.29) is 17.0 Å². The molecule has 0 unspecified atom stereocenters. The van der Waals surface area contributed by atoms with Gasteiger partial charge in [-0.25, -0.2) is 4.79 Å². The molecular weight excluding hydrogens is 310 g/mol. The fourth-order valence-corrected chi connectivity index (χ4v) is 3.40. The summed E-state index contributed by atoms with van der Waals surface area (Å²) in [5.41, 5.74) is -0.521. The predicted octanol–water partition coefficient (Wildman–Crippen LogP) is 3.63. The lowest BCUT2D eigenvalue weighted by Crippen LogP contribution is -2.50. The molecule has 0 bridgehead atoms. The maximum atomic E-state index is 12.2. The lowest BCUT2D eigenvalue weighted by molar-refractivity contribution is -0.0132. The summed E-state index contributed by atoms with van der Waals surface area (Å²) in [6.45, 7) is 18.1. The molecule has 1 aliphatic heterocycles. The Morgan fingerprint density at radius 1 is 1.17 bits per heavy atom. The number of hydrogen-bond donors (Lipinski definition) is 1. The summed E-state index contributed by atoms with van der Waals surface area (Å²) in [6.07, 6.45) is -0.189. The Morgan fingerprint density at radius 2 is 1.74 bits per heavy atom. The van der Waals surface area contributed by atoms with Crippen molar-refractivity contribution in [3.8, 4) is 0 Å². The molecule has 5 nitrogen and oxygen atoms in total. The lowest BCUT2D eigenvalue weighted by atomic mass is 9.97. The van der Waals surface area contributed by atoms with Gasteiger partial charge in [0.05, 0.1) is 6.10 Å². The van der Waals surface area contributed by atoms with Crippen molar-refractivity contribution in [2.75, 3.05) is 19.7 Å². The van der Waals surface area contributed by atoms with Crippen molar-refractivity contribution in [1.29, 1.82) is 0 Å². The van der Waals surface area contributed by atoms with Crippen molar-refractivity contribution < 1.29 is 19.1 Å². The standard InChI is InChI=1S/C17H35NO4Si/c1-16(2,3)22-15(20)18-10-13(9-14(19)11-18)12-21-23(7,8)17(4,5)6/h13-14,19H,9-12H2,1-8H3/t13-,14+/m1/s1. The molecule has 0 aliphatic carbocycles. The summed E-state index contributed by atoms with van der Waals surface area (Å²) in [6, 6.07) is 0. The van der Waals surface area contributed by atoms with Crippen LogP contribution in [0.3, 0.4) is 0 Å². The molecule has 0 spiro atoms. The highest BCUT2D eigenvalue weighted by atomic mass is 28.4. The van der Waals surface area contributed by atoms with Gasteiger partial charge < -0.3 is 19.2 Å². The zero-order chi connectivity index (χ0) is 18.1. The van der Waals surface area contributed by atoms with Crippen LogP contribution in [0.4, 0.5) is 4.79 Å². The smallest absolute Gasteiger partial charge is 0.410 e. The summed E-state index contributed by atoms with van der Waals surface area (Å²) in [4.78, 5) is 13.8. The second-order valence-corrected chi connectivity index (χ2v) is 14.0. The molecule has 1 rings (SSSR count). The normalized spacial score (nSPS) is 23.8. The van der Waals surface area contributed by atoms with E-state index in [9.17, 15) is 9.90 Å². The van der Waals surface area contributed by atoms with Crippen LogP contribution in [-0.2, 0) is 9.16 Å². The second kappa shape index (κ2) is 7.11. The molecule has 0 radical (unpaired) electrons.